The summed E-state index contributed by atoms with van der Waals surface area (Å²) >= 11 is 5.96. The van der Waals surface area contributed by atoms with E-state index in [0.717, 1.165) is 17.0 Å². The van der Waals surface area contributed by atoms with E-state index in [1.807, 2.05) is 48.2 Å². The van der Waals surface area contributed by atoms with Crippen LogP contribution in [0.25, 0.3) is 11.3 Å². The Morgan fingerprint density at radius 1 is 1.06 bits per heavy atom. The summed E-state index contributed by atoms with van der Waals surface area (Å²) < 4.78 is 5.46. The third-order valence-corrected chi connectivity index (χ3v) is 5.62. The SMILES string of the molecule is CCOc1ccc(-c2ccc(N3CCN(C(=O)c4cc(Cl)ccc4[N+](=O)[O-])CC3)nn2)cc1. The summed E-state index contributed by atoms with van der Waals surface area (Å²) in [4.78, 5) is 27.2. The zero-order valence-corrected chi connectivity index (χ0v) is 18.7. The number of hydrogen-bond donors (Lipinski definition) is 0. The van der Waals surface area contributed by atoms with E-state index in [4.69, 9.17) is 16.3 Å². The monoisotopic (exact) mass is 467 g/mol. The van der Waals surface area contributed by atoms with Gasteiger partial charge in [0.15, 0.2) is 5.82 Å². The molecule has 0 radical (unpaired) electrons. The van der Waals surface area contributed by atoms with Gasteiger partial charge in [0.2, 0.25) is 0 Å². The topological polar surface area (TPSA) is 102 Å². The van der Waals surface area contributed by atoms with Crippen LogP contribution in [-0.4, -0.2) is 58.7 Å². The van der Waals surface area contributed by atoms with Gasteiger partial charge in [0.25, 0.3) is 11.6 Å². The first-order valence-electron chi connectivity index (χ1n) is 10.5. The molecule has 1 aliphatic rings. The van der Waals surface area contributed by atoms with Gasteiger partial charge >= 0.3 is 0 Å². The Hall–Kier alpha value is -3.72. The average Bonchev–Trinajstić information content (AvgIpc) is 2.84. The predicted molar refractivity (Wildman–Crippen MR) is 125 cm³/mol. The number of benzene rings is 2. The fourth-order valence-corrected chi connectivity index (χ4v) is 3.86. The Morgan fingerprint density at radius 2 is 1.79 bits per heavy atom. The number of nitrogens with zero attached hydrogens (tertiary/aromatic N) is 5. The van der Waals surface area contributed by atoms with Gasteiger partial charge in [-0.1, -0.05) is 11.6 Å². The van der Waals surface area contributed by atoms with Crippen molar-refractivity contribution in [1.29, 1.82) is 0 Å². The maximum absolute atomic E-state index is 12.9. The molecule has 2 aromatic carbocycles. The van der Waals surface area contributed by atoms with Crippen molar-refractivity contribution >= 4 is 29.0 Å². The molecule has 0 bridgehead atoms. The quantitative estimate of drug-likeness (QED) is 0.397. The van der Waals surface area contributed by atoms with Gasteiger partial charge in [-0.15, -0.1) is 10.2 Å². The van der Waals surface area contributed by atoms with Crippen LogP contribution in [-0.2, 0) is 0 Å². The highest BCUT2D eigenvalue weighted by Gasteiger charge is 2.28. The summed E-state index contributed by atoms with van der Waals surface area (Å²) in [5.74, 6) is 1.12. The minimum absolute atomic E-state index is 0.000417. The summed E-state index contributed by atoms with van der Waals surface area (Å²) in [5.41, 5.74) is 1.45. The van der Waals surface area contributed by atoms with Crippen molar-refractivity contribution < 1.29 is 14.5 Å². The number of nitro groups is 1. The number of carbonyl (C=O) groups is 1. The first kappa shape index (κ1) is 22.5. The molecule has 170 valence electrons. The second kappa shape index (κ2) is 9.83. The fourth-order valence-electron chi connectivity index (χ4n) is 3.68. The van der Waals surface area contributed by atoms with E-state index in [1.165, 1.54) is 18.2 Å². The molecule has 0 saturated carbocycles. The molecular weight excluding hydrogens is 446 g/mol. The van der Waals surface area contributed by atoms with Crippen LogP contribution in [0.1, 0.15) is 17.3 Å². The van der Waals surface area contributed by atoms with Crippen molar-refractivity contribution in [1.82, 2.24) is 15.1 Å². The lowest BCUT2D eigenvalue weighted by Gasteiger charge is -2.35. The van der Waals surface area contributed by atoms with E-state index in [0.29, 0.717) is 38.6 Å². The molecule has 9 nitrogen and oxygen atoms in total. The fraction of sp³-hybridized carbons (Fsp3) is 0.261. The average molecular weight is 468 g/mol. The van der Waals surface area contributed by atoms with Crippen molar-refractivity contribution in [2.24, 2.45) is 0 Å². The molecule has 33 heavy (non-hydrogen) atoms. The number of aromatic nitrogens is 2. The minimum atomic E-state index is -0.568. The van der Waals surface area contributed by atoms with Crippen LogP contribution in [0, 0.1) is 10.1 Å². The van der Waals surface area contributed by atoms with Crippen molar-refractivity contribution in [3.05, 3.63) is 75.3 Å². The van der Waals surface area contributed by atoms with Crippen LogP contribution >= 0.6 is 11.6 Å². The van der Waals surface area contributed by atoms with Crippen molar-refractivity contribution in [3.8, 4) is 17.0 Å². The van der Waals surface area contributed by atoms with E-state index in [9.17, 15) is 14.9 Å². The molecule has 10 heteroatoms. The summed E-state index contributed by atoms with van der Waals surface area (Å²) in [6.45, 7) is 4.45. The number of nitro benzene ring substituents is 1. The number of hydrogen-bond acceptors (Lipinski definition) is 7. The molecule has 1 fully saturated rings. The molecule has 3 aromatic rings. The second-order valence-electron chi connectivity index (χ2n) is 7.43. The molecule has 0 aliphatic carbocycles. The van der Waals surface area contributed by atoms with Crippen LogP contribution in [0.4, 0.5) is 11.5 Å². The molecule has 1 saturated heterocycles. The molecule has 0 atom stereocenters. The van der Waals surface area contributed by atoms with E-state index in [1.54, 1.807) is 4.90 Å². The Bertz CT molecular complexity index is 1150. The third-order valence-electron chi connectivity index (χ3n) is 5.39. The maximum atomic E-state index is 12.9. The molecule has 0 N–H and O–H groups in total. The van der Waals surface area contributed by atoms with Crippen molar-refractivity contribution in [2.75, 3.05) is 37.7 Å². The number of piperazine rings is 1. The maximum Gasteiger partial charge on any atom is 0.282 e. The highest BCUT2D eigenvalue weighted by atomic mass is 35.5. The van der Waals surface area contributed by atoms with Crippen molar-refractivity contribution in [2.45, 2.75) is 6.92 Å². The second-order valence-corrected chi connectivity index (χ2v) is 7.87. The smallest absolute Gasteiger partial charge is 0.282 e. The van der Waals surface area contributed by atoms with Gasteiger partial charge in [-0.25, -0.2) is 0 Å². The Kier molecular flexibility index (Phi) is 6.69. The van der Waals surface area contributed by atoms with E-state index in [2.05, 4.69) is 10.2 Å². The number of amides is 1. The number of ether oxygens (including phenoxy) is 1. The lowest BCUT2D eigenvalue weighted by molar-refractivity contribution is -0.385. The van der Waals surface area contributed by atoms with Crippen LogP contribution in [0.5, 0.6) is 5.75 Å². The molecule has 0 spiro atoms. The van der Waals surface area contributed by atoms with Gasteiger partial charge in [-0.2, -0.15) is 0 Å². The van der Waals surface area contributed by atoms with Gasteiger partial charge in [-0.3, -0.25) is 14.9 Å². The van der Waals surface area contributed by atoms with Crippen LogP contribution in [0.3, 0.4) is 0 Å². The molecule has 1 aromatic heterocycles. The molecule has 2 heterocycles. The van der Waals surface area contributed by atoms with Gasteiger partial charge in [0.05, 0.1) is 17.2 Å². The summed E-state index contributed by atoms with van der Waals surface area (Å²) in [6.07, 6.45) is 0. The highest BCUT2D eigenvalue weighted by Crippen LogP contribution is 2.26. The first-order chi connectivity index (χ1) is 16.0. The summed E-state index contributed by atoms with van der Waals surface area (Å²) in [6, 6.07) is 15.5. The van der Waals surface area contributed by atoms with E-state index in [-0.39, 0.29) is 16.3 Å². The largest absolute Gasteiger partial charge is 0.494 e. The Morgan fingerprint density at radius 3 is 2.39 bits per heavy atom. The number of halogens is 1. The van der Waals surface area contributed by atoms with Gasteiger partial charge in [0.1, 0.15) is 11.3 Å². The standard InChI is InChI=1S/C23H22ClN5O4/c1-2-33-18-6-3-16(4-7-18)20-8-10-22(26-25-20)27-11-13-28(14-12-27)23(30)19-15-17(24)5-9-21(19)29(31)32/h3-10,15H,2,11-14H2,1H3. The zero-order chi connectivity index (χ0) is 23.4. The van der Waals surface area contributed by atoms with Gasteiger partial charge < -0.3 is 14.5 Å². The Balaban J connectivity index is 1.40. The summed E-state index contributed by atoms with van der Waals surface area (Å²) in [5, 5.41) is 20.3. The normalized spacial score (nSPS) is 13.6. The van der Waals surface area contributed by atoms with Crippen LogP contribution in [0.2, 0.25) is 5.02 Å². The number of carbonyl (C=O) groups excluding carboxylic acids is 1. The highest BCUT2D eigenvalue weighted by molar-refractivity contribution is 6.31. The van der Waals surface area contributed by atoms with Gasteiger partial charge in [0, 0.05) is 42.8 Å². The molecule has 1 amide bonds. The molecule has 0 unspecified atom stereocenters. The van der Waals surface area contributed by atoms with Crippen LogP contribution in [0.15, 0.2) is 54.6 Å². The van der Waals surface area contributed by atoms with Crippen molar-refractivity contribution in [3.63, 3.8) is 0 Å². The third kappa shape index (κ3) is 5.04. The first-order valence-corrected chi connectivity index (χ1v) is 10.9. The lowest BCUT2D eigenvalue weighted by Crippen LogP contribution is -2.49. The number of rotatable bonds is 6. The van der Waals surface area contributed by atoms with Gasteiger partial charge in [-0.05, 0) is 55.5 Å². The Labute approximate surface area is 195 Å². The van der Waals surface area contributed by atoms with E-state index < -0.39 is 10.8 Å². The van der Waals surface area contributed by atoms with E-state index >= 15 is 0 Å². The number of anilines is 1. The van der Waals surface area contributed by atoms with Crippen LogP contribution < -0.4 is 9.64 Å². The zero-order valence-electron chi connectivity index (χ0n) is 18.0. The minimum Gasteiger partial charge on any atom is -0.494 e. The predicted octanol–water partition coefficient (Wildman–Crippen LogP) is 4.07. The molecule has 4 rings (SSSR count). The lowest BCUT2D eigenvalue weighted by atomic mass is 10.1. The molecular formula is C23H22ClN5O4. The summed E-state index contributed by atoms with van der Waals surface area (Å²) in [7, 11) is 0. The molecule has 1 aliphatic heterocycles.